The Morgan fingerprint density at radius 3 is 1.17 bits per heavy atom. The first-order valence-corrected chi connectivity index (χ1v) is 24.9. The van der Waals surface area contributed by atoms with Crippen LogP contribution in [0.25, 0.3) is 65.3 Å². The third-order valence-corrected chi connectivity index (χ3v) is 10.6. The van der Waals surface area contributed by atoms with Gasteiger partial charge in [-0.1, -0.05) is 161 Å². The number of halogens is 2. The van der Waals surface area contributed by atoms with E-state index in [1.807, 2.05) is 0 Å². The van der Waals surface area contributed by atoms with Gasteiger partial charge in [0.15, 0.2) is 0 Å². The Labute approximate surface area is 336 Å². The molecule has 0 atom stereocenters. The number of fused-ring (bicyclic) bond motifs is 4. The Bertz CT molecular complexity index is 2290. The van der Waals surface area contributed by atoms with Gasteiger partial charge in [-0.15, -0.1) is 55.9 Å². The molecule has 0 aromatic heterocycles. The molecule has 0 radical (unpaired) electrons. The van der Waals surface area contributed by atoms with Gasteiger partial charge in [-0.25, -0.2) is 0 Å². The summed E-state index contributed by atoms with van der Waals surface area (Å²) in [6.07, 6.45) is 0. The van der Waals surface area contributed by atoms with E-state index in [2.05, 4.69) is 184 Å². The summed E-state index contributed by atoms with van der Waals surface area (Å²) >= 11 is -0.826. The molecule has 8 aromatic carbocycles. The minimum atomic E-state index is -0.826. The summed E-state index contributed by atoms with van der Waals surface area (Å²) in [7, 11) is 9.87. The Morgan fingerprint density at radius 2 is 0.811 bits per heavy atom. The van der Waals surface area contributed by atoms with Gasteiger partial charge in [0.1, 0.15) is 0 Å². The average molecular weight is 814 g/mol. The summed E-state index contributed by atoms with van der Waals surface area (Å²) < 4.78 is 0. The molecule has 0 bridgehead atoms. The zero-order chi connectivity index (χ0) is 38.4. The zero-order valence-electron chi connectivity index (χ0n) is 32.7. The van der Waals surface area contributed by atoms with Gasteiger partial charge in [-0.3, -0.25) is 0 Å². The molecule has 0 spiro atoms. The SMILES string of the molecule is Cc1cc(-c2cccc3ccccc23)c2cc(C(C)C)[cH-]c2c1C.Cc1cc(-c2cccc3ccccc23)c2cc(C(C)C)[cH-]c2c1C.[CH2-]C.[Cl][Zr][Cl]. The molecule has 8 aromatic rings. The zero-order valence-corrected chi connectivity index (χ0v) is 36.6. The number of aryl methyl sites for hydroxylation is 4. The molecule has 0 saturated carbocycles. The molecule has 8 rings (SSSR count). The molecular formula is C50H51Cl2Zr-3. The van der Waals surface area contributed by atoms with Crippen molar-refractivity contribution in [3.05, 3.63) is 162 Å². The molecule has 0 fully saturated rings. The molecule has 0 N–H and O–H groups in total. The van der Waals surface area contributed by atoms with Crippen molar-refractivity contribution < 1.29 is 20.8 Å². The maximum absolute atomic E-state index is 4.93. The molecule has 0 amide bonds. The van der Waals surface area contributed by atoms with E-state index in [1.54, 1.807) is 6.92 Å². The van der Waals surface area contributed by atoms with Gasteiger partial charge in [-0.2, -0.15) is 19.1 Å². The predicted molar refractivity (Wildman–Crippen MR) is 235 cm³/mol. The van der Waals surface area contributed by atoms with E-state index in [4.69, 9.17) is 17.0 Å². The number of hydrogen-bond donors (Lipinski definition) is 0. The van der Waals surface area contributed by atoms with E-state index in [0.29, 0.717) is 11.8 Å². The minimum absolute atomic E-state index is 0.553. The summed E-state index contributed by atoms with van der Waals surface area (Å²) in [4.78, 5) is 0. The molecule has 0 aliphatic rings. The van der Waals surface area contributed by atoms with E-state index in [0.717, 1.165) is 0 Å². The first-order valence-electron chi connectivity index (χ1n) is 18.6. The van der Waals surface area contributed by atoms with Crippen LogP contribution in [0, 0.1) is 34.6 Å². The molecule has 0 nitrogen and oxygen atoms in total. The second-order valence-electron chi connectivity index (χ2n) is 14.4. The van der Waals surface area contributed by atoms with E-state index in [9.17, 15) is 0 Å². The molecule has 0 saturated heterocycles. The van der Waals surface area contributed by atoms with Crippen LogP contribution in [0.15, 0.2) is 121 Å². The molecule has 0 heterocycles. The molecule has 0 unspecified atom stereocenters. The van der Waals surface area contributed by atoms with Crippen LogP contribution < -0.4 is 0 Å². The number of hydrogen-bond acceptors (Lipinski definition) is 0. The summed E-state index contributed by atoms with van der Waals surface area (Å²) in [5.41, 5.74) is 13.8. The number of rotatable bonds is 4. The van der Waals surface area contributed by atoms with Gasteiger partial charge >= 0.3 is 37.9 Å². The van der Waals surface area contributed by atoms with Gasteiger partial charge in [-0.05, 0) is 58.4 Å². The van der Waals surface area contributed by atoms with E-state index >= 15 is 0 Å². The molecule has 53 heavy (non-hydrogen) atoms. The van der Waals surface area contributed by atoms with Crippen LogP contribution in [0.2, 0.25) is 0 Å². The second kappa shape index (κ2) is 18.2. The summed E-state index contributed by atoms with van der Waals surface area (Å²) in [6.45, 7) is 23.0. The van der Waals surface area contributed by atoms with Crippen LogP contribution in [0.1, 0.15) is 79.8 Å². The monoisotopic (exact) mass is 811 g/mol. The Hall–Kier alpha value is -3.48. The second-order valence-corrected chi connectivity index (χ2v) is 18.1. The maximum atomic E-state index is 4.93. The van der Waals surface area contributed by atoms with Crippen molar-refractivity contribution in [2.24, 2.45) is 0 Å². The topological polar surface area (TPSA) is 0 Å². The summed E-state index contributed by atoms with van der Waals surface area (Å²) in [5, 5.41) is 10.8. The van der Waals surface area contributed by atoms with Crippen molar-refractivity contribution in [1.82, 2.24) is 0 Å². The van der Waals surface area contributed by atoms with Gasteiger partial charge in [0, 0.05) is 0 Å². The van der Waals surface area contributed by atoms with E-state index in [-0.39, 0.29) is 0 Å². The van der Waals surface area contributed by atoms with Crippen molar-refractivity contribution in [3.8, 4) is 22.3 Å². The predicted octanol–water partition coefficient (Wildman–Crippen LogP) is 16.5. The summed E-state index contributed by atoms with van der Waals surface area (Å²) in [6, 6.07) is 44.9. The fraction of sp³-hybridized carbons (Fsp3) is 0.220. The van der Waals surface area contributed by atoms with E-state index < -0.39 is 20.8 Å². The first kappa shape index (κ1) is 40.7. The van der Waals surface area contributed by atoms with Crippen LogP contribution in [0.3, 0.4) is 0 Å². The average Bonchev–Trinajstić information content (AvgIpc) is 3.83. The normalized spacial score (nSPS) is 11.0. The van der Waals surface area contributed by atoms with Crippen LogP contribution in [0.5, 0.6) is 0 Å². The van der Waals surface area contributed by atoms with Crippen LogP contribution >= 0.6 is 17.0 Å². The fourth-order valence-corrected chi connectivity index (χ4v) is 7.39. The van der Waals surface area contributed by atoms with E-state index in [1.165, 1.54) is 98.7 Å². The first-order chi connectivity index (χ1) is 25.5. The van der Waals surface area contributed by atoms with Gasteiger partial charge in [0.05, 0.1) is 0 Å². The van der Waals surface area contributed by atoms with Crippen LogP contribution in [-0.2, 0) is 20.8 Å². The van der Waals surface area contributed by atoms with Crippen molar-refractivity contribution in [1.29, 1.82) is 0 Å². The number of benzene rings is 6. The van der Waals surface area contributed by atoms with Crippen molar-refractivity contribution in [2.75, 3.05) is 0 Å². The molecular weight excluding hydrogens is 763 g/mol. The van der Waals surface area contributed by atoms with Gasteiger partial charge in [0.25, 0.3) is 0 Å². The van der Waals surface area contributed by atoms with Crippen molar-refractivity contribution >= 4 is 60.1 Å². The van der Waals surface area contributed by atoms with Crippen molar-refractivity contribution in [3.63, 3.8) is 0 Å². The van der Waals surface area contributed by atoms with Gasteiger partial charge < -0.3 is 6.92 Å². The third-order valence-electron chi connectivity index (χ3n) is 10.6. The molecule has 3 heteroatoms. The standard InChI is InChI=1S/2C24H23.C2H5.2ClH.Zr/c2*1-15(2)19-13-22-17(4)16(3)12-23(24(22)14-19)21-11-7-9-18-8-5-6-10-20(18)21;1-2;;;/h2*5-15H,1-4H3;1H2,2H3;2*1H;/q3*-1;;;+2/p-2. The molecule has 272 valence electrons. The Morgan fingerprint density at radius 1 is 0.472 bits per heavy atom. The van der Waals surface area contributed by atoms with Gasteiger partial charge in [0.2, 0.25) is 0 Å². The third kappa shape index (κ3) is 8.60. The molecule has 0 aliphatic heterocycles. The van der Waals surface area contributed by atoms with Crippen LogP contribution in [-0.4, -0.2) is 0 Å². The van der Waals surface area contributed by atoms with Crippen LogP contribution in [0.4, 0.5) is 0 Å². The Kier molecular flexibility index (Phi) is 14.0. The Balaban J connectivity index is 0.000000183. The molecule has 0 aliphatic carbocycles. The van der Waals surface area contributed by atoms with Crippen molar-refractivity contribution in [2.45, 2.75) is 74.1 Å². The quantitative estimate of drug-likeness (QED) is 0.155. The summed E-state index contributed by atoms with van der Waals surface area (Å²) in [5.74, 6) is 1.11. The fourth-order valence-electron chi connectivity index (χ4n) is 7.39.